The first kappa shape index (κ1) is 17.7. The van der Waals surface area contributed by atoms with Crippen LogP contribution in [0.2, 0.25) is 0 Å². The maximum atomic E-state index is 12.0. The van der Waals surface area contributed by atoms with Gasteiger partial charge in [0.15, 0.2) is 0 Å². The van der Waals surface area contributed by atoms with Gasteiger partial charge in [-0.2, -0.15) is 0 Å². The maximum absolute atomic E-state index is 12.0. The lowest BCUT2D eigenvalue weighted by molar-refractivity contribution is 0.0887. The summed E-state index contributed by atoms with van der Waals surface area (Å²) in [5.74, 6) is 0.513. The molecule has 6 heteroatoms. The second-order valence-corrected chi connectivity index (χ2v) is 6.57. The molecule has 0 bridgehead atoms. The van der Waals surface area contributed by atoms with Crippen LogP contribution >= 0.6 is 0 Å². The molecule has 1 aliphatic heterocycles. The first-order chi connectivity index (χ1) is 11.1. The Hall–Kier alpha value is -1.66. The number of hydrogen-bond acceptors (Lipinski definition) is 4. The van der Waals surface area contributed by atoms with Crippen LogP contribution in [0, 0.1) is 5.92 Å². The molecule has 2 amide bonds. The summed E-state index contributed by atoms with van der Waals surface area (Å²) in [7, 11) is 2.16. The smallest absolute Gasteiger partial charge is 0.315 e. The number of rotatable bonds is 6. The molecule has 1 fully saturated rings. The summed E-state index contributed by atoms with van der Waals surface area (Å²) < 4.78 is 0. The van der Waals surface area contributed by atoms with Crippen molar-refractivity contribution in [2.45, 2.75) is 26.4 Å². The molecular formula is C17H29N5O. The van der Waals surface area contributed by atoms with Crippen molar-refractivity contribution in [3.63, 3.8) is 0 Å². The lowest BCUT2D eigenvalue weighted by Crippen LogP contribution is -2.54. The van der Waals surface area contributed by atoms with E-state index >= 15 is 0 Å². The molecule has 0 unspecified atom stereocenters. The molecule has 2 heterocycles. The van der Waals surface area contributed by atoms with Crippen LogP contribution in [0.1, 0.15) is 19.4 Å². The van der Waals surface area contributed by atoms with E-state index in [1.807, 2.05) is 12.1 Å². The van der Waals surface area contributed by atoms with Crippen LogP contribution in [0.4, 0.5) is 4.79 Å². The number of amides is 2. The molecule has 23 heavy (non-hydrogen) atoms. The van der Waals surface area contributed by atoms with Crippen LogP contribution in [-0.4, -0.2) is 66.6 Å². The van der Waals surface area contributed by atoms with Gasteiger partial charge in [0.25, 0.3) is 0 Å². The third-order valence-corrected chi connectivity index (χ3v) is 4.45. The number of piperazine rings is 1. The van der Waals surface area contributed by atoms with Crippen LogP contribution in [-0.2, 0) is 6.54 Å². The van der Waals surface area contributed by atoms with Gasteiger partial charge in [-0.3, -0.25) is 9.88 Å². The van der Waals surface area contributed by atoms with Crippen molar-refractivity contribution in [3.8, 4) is 0 Å². The molecule has 1 atom stereocenters. The Morgan fingerprint density at radius 3 is 2.43 bits per heavy atom. The van der Waals surface area contributed by atoms with E-state index < -0.39 is 0 Å². The van der Waals surface area contributed by atoms with Gasteiger partial charge in [0.1, 0.15) is 0 Å². The normalized spacial score (nSPS) is 17.9. The Balaban J connectivity index is 1.76. The zero-order valence-electron chi connectivity index (χ0n) is 14.5. The van der Waals surface area contributed by atoms with Gasteiger partial charge < -0.3 is 15.5 Å². The van der Waals surface area contributed by atoms with E-state index in [0.717, 1.165) is 31.7 Å². The Kier molecular flexibility index (Phi) is 6.80. The Morgan fingerprint density at radius 1 is 1.17 bits per heavy atom. The SMILES string of the molecule is CC(C)[C@H](CNC(=O)NCc1ccncc1)N1CCN(C)CC1. The summed E-state index contributed by atoms with van der Waals surface area (Å²) in [5, 5.41) is 5.92. The number of nitrogens with one attached hydrogen (secondary N) is 2. The van der Waals surface area contributed by atoms with Crippen molar-refractivity contribution in [1.82, 2.24) is 25.4 Å². The van der Waals surface area contributed by atoms with Crippen LogP contribution in [0.15, 0.2) is 24.5 Å². The summed E-state index contributed by atoms with van der Waals surface area (Å²) in [4.78, 5) is 20.8. The molecule has 0 aliphatic carbocycles. The molecule has 0 aromatic carbocycles. The highest BCUT2D eigenvalue weighted by Gasteiger charge is 2.25. The van der Waals surface area contributed by atoms with Gasteiger partial charge in [0, 0.05) is 57.7 Å². The van der Waals surface area contributed by atoms with Gasteiger partial charge in [0.2, 0.25) is 0 Å². The van der Waals surface area contributed by atoms with Crippen molar-refractivity contribution in [3.05, 3.63) is 30.1 Å². The molecule has 128 valence electrons. The number of likely N-dealkylation sites (N-methyl/N-ethyl adjacent to an activating group) is 1. The minimum absolute atomic E-state index is 0.110. The third-order valence-electron chi connectivity index (χ3n) is 4.45. The summed E-state index contributed by atoms with van der Waals surface area (Å²) in [6.07, 6.45) is 3.47. The van der Waals surface area contributed by atoms with Crippen LogP contribution in [0.25, 0.3) is 0 Å². The van der Waals surface area contributed by atoms with Gasteiger partial charge in [-0.15, -0.1) is 0 Å². The highest BCUT2D eigenvalue weighted by Crippen LogP contribution is 2.12. The Bertz CT molecular complexity index is 471. The number of carbonyl (C=O) groups excluding carboxylic acids is 1. The molecule has 1 aliphatic rings. The van der Waals surface area contributed by atoms with Crippen molar-refractivity contribution in [2.24, 2.45) is 5.92 Å². The fourth-order valence-electron chi connectivity index (χ4n) is 2.88. The minimum atomic E-state index is -0.110. The van der Waals surface area contributed by atoms with Crippen molar-refractivity contribution >= 4 is 6.03 Å². The molecule has 0 radical (unpaired) electrons. The molecule has 2 rings (SSSR count). The predicted molar refractivity (Wildman–Crippen MR) is 92.2 cm³/mol. The first-order valence-electron chi connectivity index (χ1n) is 8.39. The van der Waals surface area contributed by atoms with Gasteiger partial charge >= 0.3 is 6.03 Å². The Morgan fingerprint density at radius 2 is 1.83 bits per heavy atom. The average Bonchev–Trinajstić information content (AvgIpc) is 2.55. The van der Waals surface area contributed by atoms with E-state index in [1.54, 1.807) is 12.4 Å². The molecule has 1 aromatic heterocycles. The number of carbonyl (C=O) groups is 1. The number of nitrogens with zero attached hydrogens (tertiary/aromatic N) is 3. The van der Waals surface area contributed by atoms with E-state index in [1.165, 1.54) is 0 Å². The Labute approximate surface area is 139 Å². The molecule has 6 nitrogen and oxygen atoms in total. The van der Waals surface area contributed by atoms with Crippen LogP contribution < -0.4 is 10.6 Å². The van der Waals surface area contributed by atoms with E-state index in [-0.39, 0.29) is 6.03 Å². The monoisotopic (exact) mass is 319 g/mol. The number of hydrogen-bond donors (Lipinski definition) is 2. The number of urea groups is 1. The van der Waals surface area contributed by atoms with Crippen molar-refractivity contribution < 1.29 is 4.79 Å². The van der Waals surface area contributed by atoms with E-state index in [0.29, 0.717) is 25.0 Å². The van der Waals surface area contributed by atoms with Crippen molar-refractivity contribution in [2.75, 3.05) is 39.8 Å². The quantitative estimate of drug-likeness (QED) is 0.826. The molecule has 0 spiro atoms. The highest BCUT2D eigenvalue weighted by molar-refractivity contribution is 5.73. The van der Waals surface area contributed by atoms with E-state index in [4.69, 9.17) is 0 Å². The molecule has 0 saturated carbocycles. The maximum Gasteiger partial charge on any atom is 0.315 e. The van der Waals surface area contributed by atoms with E-state index in [9.17, 15) is 4.79 Å². The average molecular weight is 319 g/mol. The zero-order valence-corrected chi connectivity index (χ0v) is 14.5. The van der Waals surface area contributed by atoms with Crippen molar-refractivity contribution in [1.29, 1.82) is 0 Å². The largest absolute Gasteiger partial charge is 0.337 e. The van der Waals surface area contributed by atoms with Gasteiger partial charge in [-0.25, -0.2) is 4.79 Å². The third kappa shape index (κ3) is 5.80. The second-order valence-electron chi connectivity index (χ2n) is 6.57. The number of pyridine rings is 1. The number of aromatic nitrogens is 1. The highest BCUT2D eigenvalue weighted by atomic mass is 16.2. The van der Waals surface area contributed by atoms with Crippen LogP contribution in [0.3, 0.4) is 0 Å². The molecule has 1 aromatic rings. The second kappa shape index (κ2) is 8.84. The minimum Gasteiger partial charge on any atom is -0.337 e. The topological polar surface area (TPSA) is 60.5 Å². The molecular weight excluding hydrogens is 290 g/mol. The predicted octanol–water partition coefficient (Wildman–Crippen LogP) is 1.15. The molecule has 2 N–H and O–H groups in total. The standard InChI is InChI=1S/C17H29N5O/c1-14(2)16(22-10-8-21(3)9-11-22)13-20-17(23)19-12-15-4-6-18-7-5-15/h4-7,14,16H,8-13H2,1-3H3,(H2,19,20,23)/t16-/m0/s1. The fourth-order valence-corrected chi connectivity index (χ4v) is 2.88. The first-order valence-corrected chi connectivity index (χ1v) is 8.39. The molecule has 1 saturated heterocycles. The van der Waals surface area contributed by atoms with Gasteiger partial charge in [0.05, 0.1) is 0 Å². The van der Waals surface area contributed by atoms with Gasteiger partial charge in [-0.05, 0) is 30.7 Å². The lowest BCUT2D eigenvalue weighted by Gasteiger charge is -2.39. The fraction of sp³-hybridized carbons (Fsp3) is 0.647. The zero-order chi connectivity index (χ0) is 16.7. The van der Waals surface area contributed by atoms with Gasteiger partial charge in [-0.1, -0.05) is 13.8 Å². The summed E-state index contributed by atoms with van der Waals surface area (Å²) in [6, 6.07) is 4.08. The summed E-state index contributed by atoms with van der Waals surface area (Å²) >= 11 is 0. The van der Waals surface area contributed by atoms with Crippen LogP contribution in [0.5, 0.6) is 0 Å². The lowest BCUT2D eigenvalue weighted by atomic mass is 10.0. The summed E-state index contributed by atoms with van der Waals surface area (Å²) in [5.41, 5.74) is 1.05. The summed E-state index contributed by atoms with van der Waals surface area (Å²) in [6.45, 7) is 9.98. The van der Waals surface area contributed by atoms with E-state index in [2.05, 4.69) is 46.3 Å².